The van der Waals surface area contributed by atoms with Gasteiger partial charge in [-0.1, -0.05) is 75.5 Å². The minimum Gasteiger partial charge on any atom is -0.444 e. The quantitative estimate of drug-likeness (QED) is 0.0971. The van der Waals surface area contributed by atoms with E-state index in [-0.39, 0.29) is 53.4 Å². The van der Waals surface area contributed by atoms with Crippen molar-refractivity contribution >= 4 is 22.3 Å². The van der Waals surface area contributed by atoms with Gasteiger partial charge in [0, 0.05) is 0 Å². The number of aliphatic hydroxyl groups is 1. The smallest absolute Gasteiger partial charge is 0.444 e. The second-order valence-electron chi connectivity index (χ2n) is 17.5. The molecule has 0 radical (unpaired) electrons. The minimum absolute atomic E-state index is 0. The standard InChI is InChI=1S/C21H33NO6.C15H23NO4.C7H11F3O5S.2CH4/c1-20(2,3)28-19(23)22-17(12-24-11-16-9-7-6-8-10-16)13-25-14-18-15-26-21(4,5)27-18;1-15(2,3)20-14(18)16-13(9-17)11-19-10-12-7-5-4-6-8-12;1-6(2)13-3-5(15-6)4-14-16(11,12)7(8,9)10;;/h6-10,17-18H,11-15H2,1-5H3,(H,22,23);4-8,13,17H,9-11H2,1-3H3,(H,16,18);5H,3-4H2,1-2H3;2*1H4/t17-,18-;13-;5-;;/m100../s1. The molecule has 2 aromatic rings. The van der Waals surface area contributed by atoms with E-state index in [1.807, 2.05) is 95.3 Å². The zero-order chi connectivity index (χ0) is 48.2. The van der Waals surface area contributed by atoms with Crippen molar-refractivity contribution in [2.75, 3.05) is 52.9 Å². The van der Waals surface area contributed by atoms with Gasteiger partial charge in [-0.25, -0.2) is 9.59 Å². The lowest BCUT2D eigenvalue weighted by Crippen LogP contribution is -2.44. The molecule has 2 heterocycles. The van der Waals surface area contributed by atoms with Crippen molar-refractivity contribution in [1.29, 1.82) is 0 Å². The summed E-state index contributed by atoms with van der Waals surface area (Å²) in [5, 5.41) is 14.6. The van der Waals surface area contributed by atoms with Gasteiger partial charge in [0.1, 0.15) is 23.4 Å². The molecular weight excluding hydrogens is 898 g/mol. The number of rotatable bonds is 18. The summed E-state index contributed by atoms with van der Waals surface area (Å²) in [7, 11) is -5.56. The fourth-order valence-electron chi connectivity index (χ4n) is 5.27. The summed E-state index contributed by atoms with van der Waals surface area (Å²) in [5.74, 6) is -1.52. The Morgan fingerprint density at radius 3 is 1.42 bits per heavy atom. The van der Waals surface area contributed by atoms with Gasteiger partial charge in [-0.2, -0.15) is 21.6 Å². The summed E-state index contributed by atoms with van der Waals surface area (Å²) in [6.07, 6.45) is -2.00. The summed E-state index contributed by atoms with van der Waals surface area (Å²) in [5.41, 5.74) is -4.43. The van der Waals surface area contributed by atoms with Crippen LogP contribution in [0.25, 0.3) is 0 Å². The normalized spacial score (nSPS) is 18.6. The van der Waals surface area contributed by atoms with Crippen LogP contribution in [0.4, 0.5) is 22.8 Å². The highest BCUT2D eigenvalue weighted by Gasteiger charge is 2.48. The van der Waals surface area contributed by atoms with Crippen LogP contribution in [0.5, 0.6) is 0 Å². The van der Waals surface area contributed by atoms with Crippen LogP contribution in [0.1, 0.15) is 95.2 Å². The Morgan fingerprint density at radius 1 is 0.682 bits per heavy atom. The average molecular weight is 973 g/mol. The van der Waals surface area contributed by atoms with Crippen LogP contribution in [-0.2, 0) is 70.1 Å². The van der Waals surface area contributed by atoms with Crippen molar-refractivity contribution in [3.05, 3.63) is 71.8 Å². The molecule has 4 rings (SSSR count). The molecule has 0 spiro atoms. The van der Waals surface area contributed by atoms with Gasteiger partial charge >= 0.3 is 27.8 Å². The first kappa shape index (κ1) is 62.4. The Morgan fingerprint density at radius 2 is 1.06 bits per heavy atom. The molecule has 382 valence electrons. The topological polar surface area (TPSA) is 205 Å². The third-order valence-electron chi connectivity index (χ3n) is 7.97. The molecule has 0 aromatic heterocycles. The monoisotopic (exact) mass is 972 g/mol. The van der Waals surface area contributed by atoms with Gasteiger partial charge in [-0.15, -0.1) is 0 Å². The number of nitrogens with one attached hydrogen (secondary N) is 2. The molecule has 2 fully saturated rings. The van der Waals surface area contributed by atoms with Gasteiger partial charge in [-0.3, -0.25) is 4.18 Å². The fraction of sp³-hybridized carbons (Fsp3) is 0.689. The number of hydrogen-bond donors (Lipinski definition) is 3. The SMILES string of the molecule is C.C.CC(C)(C)OC(=O)N[C@@H](CO)COCc1ccccc1.CC(C)(C)OC(=O)N[C@H](COCc1ccccc1)COC[C@@H]1COC(C)(C)O1.CC1(C)OC[C@@H](COS(=O)(=O)C(F)(F)F)O1. The van der Waals surface area contributed by atoms with Gasteiger partial charge in [0.05, 0.1) is 78.2 Å². The lowest BCUT2D eigenvalue weighted by molar-refractivity contribution is -0.145. The molecule has 0 unspecified atom stereocenters. The van der Waals surface area contributed by atoms with E-state index in [0.29, 0.717) is 33.0 Å². The van der Waals surface area contributed by atoms with Gasteiger partial charge in [0.15, 0.2) is 11.6 Å². The second-order valence-corrected chi connectivity index (χ2v) is 19.1. The van der Waals surface area contributed by atoms with E-state index in [0.717, 1.165) is 11.1 Å². The van der Waals surface area contributed by atoms with E-state index >= 15 is 0 Å². The van der Waals surface area contributed by atoms with Crippen LogP contribution in [0, 0.1) is 0 Å². The lowest BCUT2D eigenvalue weighted by Gasteiger charge is -2.24. The zero-order valence-electron chi connectivity index (χ0n) is 38.4. The molecule has 3 N–H and O–H groups in total. The third-order valence-corrected chi connectivity index (χ3v) is 8.99. The highest BCUT2D eigenvalue weighted by Crippen LogP contribution is 2.27. The van der Waals surface area contributed by atoms with Crippen molar-refractivity contribution in [2.45, 2.75) is 150 Å². The van der Waals surface area contributed by atoms with Crippen LogP contribution >= 0.6 is 0 Å². The number of alkyl carbamates (subject to hydrolysis) is 2. The molecule has 2 saturated heterocycles. The van der Waals surface area contributed by atoms with E-state index in [4.69, 9.17) is 42.6 Å². The zero-order valence-corrected chi connectivity index (χ0v) is 39.2. The maximum Gasteiger partial charge on any atom is 0.523 e. The Kier molecular flexibility index (Phi) is 27.1. The molecule has 2 amide bonds. The van der Waals surface area contributed by atoms with Crippen LogP contribution in [-0.4, -0.2) is 131 Å². The first-order valence-electron chi connectivity index (χ1n) is 20.6. The van der Waals surface area contributed by atoms with Crippen LogP contribution in [0.3, 0.4) is 0 Å². The fourth-order valence-corrected chi connectivity index (χ4v) is 5.74. The van der Waals surface area contributed by atoms with Gasteiger partial charge in [0.25, 0.3) is 0 Å². The Balaban J connectivity index is 0.000000987. The van der Waals surface area contributed by atoms with Crippen molar-refractivity contribution in [1.82, 2.24) is 10.6 Å². The first-order chi connectivity index (χ1) is 29.6. The molecule has 0 bridgehead atoms. The van der Waals surface area contributed by atoms with E-state index in [1.54, 1.807) is 34.6 Å². The van der Waals surface area contributed by atoms with Gasteiger partial charge < -0.3 is 58.4 Å². The maximum absolute atomic E-state index is 12.1. The number of alkyl halides is 3. The van der Waals surface area contributed by atoms with E-state index in [1.165, 1.54) is 0 Å². The lowest BCUT2D eigenvalue weighted by atomic mass is 10.2. The van der Waals surface area contributed by atoms with E-state index < -0.39 is 69.3 Å². The number of halogens is 3. The molecule has 4 atom stereocenters. The third kappa shape index (κ3) is 27.9. The summed E-state index contributed by atoms with van der Waals surface area (Å²) in [6, 6.07) is 18.8. The van der Waals surface area contributed by atoms with E-state index in [2.05, 4.69) is 14.8 Å². The largest absolute Gasteiger partial charge is 0.523 e. The molecule has 0 saturated carbocycles. The maximum atomic E-state index is 12.1. The van der Waals surface area contributed by atoms with Crippen LogP contribution in [0.15, 0.2) is 60.7 Å². The Bertz CT molecular complexity index is 1760. The molecule has 0 aliphatic carbocycles. The molecular formula is C45H75F3N2O15S. The Hall–Kier alpha value is -3.64. The van der Waals surface area contributed by atoms with Crippen molar-refractivity contribution in [3.63, 3.8) is 0 Å². The van der Waals surface area contributed by atoms with Crippen molar-refractivity contribution in [2.24, 2.45) is 0 Å². The number of carbonyl (C=O) groups excluding carboxylic acids is 2. The number of aliphatic hydroxyl groups excluding tert-OH is 1. The Labute approximate surface area is 389 Å². The molecule has 66 heavy (non-hydrogen) atoms. The number of amides is 2. The summed E-state index contributed by atoms with van der Waals surface area (Å²) < 4.78 is 109. The van der Waals surface area contributed by atoms with Crippen molar-refractivity contribution in [3.8, 4) is 0 Å². The predicted octanol–water partition coefficient (Wildman–Crippen LogP) is 7.63. The summed E-state index contributed by atoms with van der Waals surface area (Å²) in [6.45, 7) is 19.3. The minimum atomic E-state index is -5.56. The average Bonchev–Trinajstić information content (AvgIpc) is 3.71. The first-order valence-corrected chi connectivity index (χ1v) is 22.0. The second kappa shape index (κ2) is 28.6. The molecule has 2 aliphatic rings. The highest BCUT2D eigenvalue weighted by atomic mass is 32.2. The molecule has 2 aromatic carbocycles. The number of benzene rings is 2. The van der Waals surface area contributed by atoms with Gasteiger partial charge in [0.2, 0.25) is 0 Å². The number of hydrogen-bond acceptors (Lipinski definition) is 15. The van der Waals surface area contributed by atoms with Crippen LogP contribution in [0.2, 0.25) is 0 Å². The predicted molar refractivity (Wildman–Crippen MR) is 241 cm³/mol. The highest BCUT2D eigenvalue weighted by molar-refractivity contribution is 7.87. The molecule has 17 nitrogen and oxygen atoms in total. The summed E-state index contributed by atoms with van der Waals surface area (Å²) in [4.78, 5) is 23.7. The van der Waals surface area contributed by atoms with Crippen molar-refractivity contribution < 1.29 is 83.1 Å². The van der Waals surface area contributed by atoms with Gasteiger partial charge in [-0.05, 0) is 80.4 Å². The number of carbonyl (C=O) groups is 2. The molecule has 21 heteroatoms. The summed E-state index contributed by atoms with van der Waals surface area (Å²) >= 11 is 0. The number of ether oxygens (including phenoxy) is 9. The van der Waals surface area contributed by atoms with Crippen LogP contribution < -0.4 is 10.6 Å². The van der Waals surface area contributed by atoms with E-state index in [9.17, 15) is 36.3 Å². The molecule has 2 aliphatic heterocycles.